The lowest BCUT2D eigenvalue weighted by atomic mass is 9.91. The summed E-state index contributed by atoms with van der Waals surface area (Å²) in [6.45, 7) is 11.4. The number of carbonyl (C=O) groups is 1. The Hall–Kier alpha value is -0.750. The Labute approximate surface area is 128 Å². The molecule has 0 spiro atoms. The minimum absolute atomic E-state index is 0.248. The molecule has 1 fully saturated rings. The molecule has 2 atom stereocenters. The van der Waals surface area contributed by atoms with Crippen LogP contribution in [0.4, 0.5) is 5.13 Å². The molecule has 1 aliphatic rings. The predicted octanol–water partition coefficient (Wildman–Crippen LogP) is 3.47. The summed E-state index contributed by atoms with van der Waals surface area (Å²) in [6, 6.07) is 0.384. The standard InChI is InChI=1S/C14H22N2O2S2/c1-8-9(2)19-7-6-16(8)13-15-11(14(3,4)5)10(20-13)12(17)18/h8-9H,6-7H2,1-5H3,(H,17,18). The Balaban J connectivity index is 2.41. The Morgan fingerprint density at radius 3 is 2.55 bits per heavy atom. The molecular weight excluding hydrogens is 292 g/mol. The molecule has 1 N–H and O–H groups in total. The van der Waals surface area contributed by atoms with E-state index in [1.165, 1.54) is 11.3 Å². The van der Waals surface area contributed by atoms with E-state index >= 15 is 0 Å². The van der Waals surface area contributed by atoms with E-state index in [9.17, 15) is 9.90 Å². The van der Waals surface area contributed by atoms with Gasteiger partial charge in [-0.05, 0) is 6.92 Å². The molecule has 0 aliphatic carbocycles. The highest BCUT2D eigenvalue weighted by molar-refractivity contribution is 8.00. The molecule has 0 aromatic carbocycles. The van der Waals surface area contributed by atoms with Gasteiger partial charge < -0.3 is 10.0 Å². The van der Waals surface area contributed by atoms with Crippen molar-refractivity contribution in [1.82, 2.24) is 4.98 Å². The highest BCUT2D eigenvalue weighted by Crippen LogP contribution is 2.37. The fourth-order valence-electron chi connectivity index (χ4n) is 2.29. The zero-order chi connectivity index (χ0) is 15.1. The molecule has 6 heteroatoms. The van der Waals surface area contributed by atoms with Crippen molar-refractivity contribution in [3.8, 4) is 0 Å². The van der Waals surface area contributed by atoms with Gasteiger partial charge in [0.25, 0.3) is 0 Å². The van der Waals surface area contributed by atoms with E-state index in [0.717, 1.165) is 17.4 Å². The Bertz CT molecular complexity index is 508. The second-order valence-electron chi connectivity index (χ2n) is 6.24. The van der Waals surface area contributed by atoms with Crippen molar-refractivity contribution in [2.45, 2.75) is 51.3 Å². The number of hydrogen-bond donors (Lipinski definition) is 1. The summed E-state index contributed by atoms with van der Waals surface area (Å²) in [6.07, 6.45) is 0. The lowest BCUT2D eigenvalue weighted by Crippen LogP contribution is -2.44. The van der Waals surface area contributed by atoms with Crippen LogP contribution in [-0.2, 0) is 5.41 Å². The highest BCUT2D eigenvalue weighted by Gasteiger charge is 2.32. The van der Waals surface area contributed by atoms with Crippen molar-refractivity contribution < 1.29 is 9.90 Å². The average molecular weight is 314 g/mol. The molecule has 1 aromatic rings. The summed E-state index contributed by atoms with van der Waals surface area (Å²) in [7, 11) is 0. The van der Waals surface area contributed by atoms with Gasteiger partial charge in [0.2, 0.25) is 0 Å². The second kappa shape index (κ2) is 5.56. The summed E-state index contributed by atoms with van der Waals surface area (Å²) in [4.78, 5) is 18.8. The van der Waals surface area contributed by atoms with Crippen molar-refractivity contribution in [3.05, 3.63) is 10.6 Å². The Morgan fingerprint density at radius 2 is 2.05 bits per heavy atom. The Kier molecular flexibility index (Phi) is 4.35. The first kappa shape index (κ1) is 15.6. The van der Waals surface area contributed by atoms with E-state index in [1.807, 2.05) is 32.5 Å². The van der Waals surface area contributed by atoms with Gasteiger partial charge in [-0.3, -0.25) is 0 Å². The van der Waals surface area contributed by atoms with Gasteiger partial charge >= 0.3 is 5.97 Å². The average Bonchev–Trinajstić information content (AvgIpc) is 2.77. The number of carboxylic acid groups (broad SMARTS) is 1. The summed E-state index contributed by atoms with van der Waals surface area (Å²) in [5.41, 5.74) is 0.449. The number of rotatable bonds is 2. The van der Waals surface area contributed by atoms with Gasteiger partial charge in [0.15, 0.2) is 5.13 Å². The van der Waals surface area contributed by atoms with E-state index in [1.54, 1.807) is 0 Å². The van der Waals surface area contributed by atoms with Crippen LogP contribution in [0.5, 0.6) is 0 Å². The van der Waals surface area contributed by atoms with Crippen LogP contribution in [0.3, 0.4) is 0 Å². The summed E-state index contributed by atoms with van der Waals surface area (Å²) >= 11 is 3.28. The fraction of sp³-hybridized carbons (Fsp3) is 0.714. The minimum atomic E-state index is -0.870. The third kappa shape index (κ3) is 2.96. The third-order valence-electron chi connectivity index (χ3n) is 3.65. The zero-order valence-corrected chi connectivity index (χ0v) is 14.3. The lowest BCUT2D eigenvalue weighted by Gasteiger charge is -2.37. The van der Waals surface area contributed by atoms with Gasteiger partial charge in [-0.2, -0.15) is 11.8 Å². The largest absolute Gasteiger partial charge is 0.477 e. The highest BCUT2D eigenvalue weighted by atomic mass is 32.2. The molecule has 20 heavy (non-hydrogen) atoms. The van der Waals surface area contributed by atoms with Crippen LogP contribution in [0.2, 0.25) is 0 Å². The molecular formula is C14H22N2O2S2. The molecule has 2 heterocycles. The summed E-state index contributed by atoms with van der Waals surface area (Å²) < 4.78 is 0. The lowest BCUT2D eigenvalue weighted by molar-refractivity contribution is 0.0699. The minimum Gasteiger partial charge on any atom is -0.477 e. The quantitative estimate of drug-likeness (QED) is 0.906. The topological polar surface area (TPSA) is 53.4 Å². The van der Waals surface area contributed by atoms with E-state index in [-0.39, 0.29) is 5.41 Å². The number of hydrogen-bond acceptors (Lipinski definition) is 5. The molecule has 1 aromatic heterocycles. The molecule has 1 saturated heterocycles. The first-order chi connectivity index (χ1) is 9.21. The molecule has 0 amide bonds. The molecule has 112 valence electrons. The first-order valence-electron chi connectivity index (χ1n) is 6.84. The molecule has 4 nitrogen and oxygen atoms in total. The van der Waals surface area contributed by atoms with Gasteiger partial charge in [-0.25, -0.2) is 9.78 Å². The van der Waals surface area contributed by atoms with Gasteiger partial charge in [-0.1, -0.05) is 39.0 Å². The van der Waals surface area contributed by atoms with Crippen LogP contribution in [0.25, 0.3) is 0 Å². The number of thioether (sulfide) groups is 1. The Morgan fingerprint density at radius 1 is 1.40 bits per heavy atom. The van der Waals surface area contributed by atoms with Crippen LogP contribution in [0, 0.1) is 0 Å². The number of nitrogens with zero attached hydrogens (tertiary/aromatic N) is 2. The van der Waals surface area contributed by atoms with E-state index in [0.29, 0.717) is 21.9 Å². The predicted molar refractivity (Wildman–Crippen MR) is 86.5 cm³/mol. The van der Waals surface area contributed by atoms with Crippen LogP contribution in [0.15, 0.2) is 0 Å². The monoisotopic (exact) mass is 314 g/mol. The maximum absolute atomic E-state index is 11.5. The van der Waals surface area contributed by atoms with Crippen molar-refractivity contribution in [3.63, 3.8) is 0 Å². The van der Waals surface area contributed by atoms with Crippen LogP contribution >= 0.6 is 23.1 Å². The maximum Gasteiger partial charge on any atom is 0.347 e. The molecule has 0 saturated carbocycles. The molecule has 2 rings (SSSR count). The summed E-state index contributed by atoms with van der Waals surface area (Å²) in [5, 5.41) is 10.8. The molecule has 2 unspecified atom stereocenters. The van der Waals surface area contributed by atoms with E-state index in [4.69, 9.17) is 0 Å². The number of thiazole rings is 1. The van der Waals surface area contributed by atoms with Crippen LogP contribution < -0.4 is 4.90 Å². The van der Waals surface area contributed by atoms with Crippen LogP contribution in [0.1, 0.15) is 50.0 Å². The summed E-state index contributed by atoms with van der Waals surface area (Å²) in [5.74, 6) is 0.198. The van der Waals surface area contributed by atoms with Gasteiger partial charge in [-0.15, -0.1) is 0 Å². The second-order valence-corrected chi connectivity index (χ2v) is 8.70. The number of aromatic nitrogens is 1. The van der Waals surface area contributed by atoms with Crippen molar-refractivity contribution >= 4 is 34.2 Å². The maximum atomic E-state index is 11.5. The van der Waals surface area contributed by atoms with Gasteiger partial charge in [0, 0.05) is 29.0 Å². The number of aromatic carboxylic acids is 1. The van der Waals surface area contributed by atoms with Crippen molar-refractivity contribution in [1.29, 1.82) is 0 Å². The van der Waals surface area contributed by atoms with Gasteiger partial charge in [0.1, 0.15) is 4.88 Å². The first-order valence-corrected chi connectivity index (χ1v) is 8.71. The number of carboxylic acids is 1. The SMILES string of the molecule is CC1SCCN(c2nc(C(C)(C)C)c(C(=O)O)s2)C1C. The normalized spacial score (nSPS) is 23.9. The smallest absolute Gasteiger partial charge is 0.347 e. The molecule has 0 bridgehead atoms. The molecule has 1 aliphatic heterocycles. The van der Waals surface area contributed by atoms with E-state index < -0.39 is 5.97 Å². The number of anilines is 1. The van der Waals surface area contributed by atoms with E-state index in [2.05, 4.69) is 23.7 Å². The fourth-order valence-corrected chi connectivity index (χ4v) is 4.62. The van der Waals surface area contributed by atoms with Crippen LogP contribution in [-0.4, -0.2) is 39.6 Å². The third-order valence-corrected chi connectivity index (χ3v) is 6.07. The van der Waals surface area contributed by atoms with Crippen molar-refractivity contribution in [2.75, 3.05) is 17.2 Å². The zero-order valence-electron chi connectivity index (χ0n) is 12.6. The van der Waals surface area contributed by atoms with Crippen molar-refractivity contribution in [2.24, 2.45) is 0 Å². The van der Waals surface area contributed by atoms with Gasteiger partial charge in [0.05, 0.1) is 5.69 Å². The molecule has 0 radical (unpaired) electrons.